The van der Waals surface area contributed by atoms with E-state index in [4.69, 9.17) is 0 Å². The summed E-state index contributed by atoms with van der Waals surface area (Å²) >= 11 is 0. The molecule has 156 valence electrons. The molecule has 0 aliphatic carbocycles. The summed E-state index contributed by atoms with van der Waals surface area (Å²) in [6.07, 6.45) is 1.89. The van der Waals surface area contributed by atoms with Gasteiger partial charge < -0.3 is 10.2 Å². The molecule has 0 aliphatic rings. The Balaban J connectivity index is 2.21. The predicted molar refractivity (Wildman–Crippen MR) is 114 cm³/mol. The molecular weight excluding hydrogens is 367 g/mol. The third-order valence-electron chi connectivity index (χ3n) is 5.17. The van der Waals surface area contributed by atoms with Crippen molar-refractivity contribution in [3.8, 4) is 0 Å². The molecule has 0 heterocycles. The highest BCUT2D eigenvalue weighted by Gasteiger charge is 2.29. The quantitative estimate of drug-likeness (QED) is 0.654. The maximum atomic E-state index is 14.1. The lowest BCUT2D eigenvalue weighted by Crippen LogP contribution is -2.52. The zero-order chi connectivity index (χ0) is 21.2. The number of hydrogen-bond donors (Lipinski definition) is 1. The SMILES string of the molecule is CC[C@H](C)NC(=O)[C@H](CC)N(CCc1ccccc1)C(=O)Cc1ccccc1F. The number of rotatable bonds is 10. The summed E-state index contributed by atoms with van der Waals surface area (Å²) in [6.45, 7) is 6.25. The van der Waals surface area contributed by atoms with Crippen molar-refractivity contribution in [2.75, 3.05) is 6.54 Å². The van der Waals surface area contributed by atoms with E-state index in [0.29, 0.717) is 24.9 Å². The number of nitrogens with one attached hydrogen (secondary N) is 1. The van der Waals surface area contributed by atoms with Gasteiger partial charge in [0.1, 0.15) is 11.9 Å². The van der Waals surface area contributed by atoms with E-state index in [2.05, 4.69) is 5.32 Å². The van der Waals surface area contributed by atoms with Crippen LogP contribution in [0.4, 0.5) is 4.39 Å². The predicted octanol–water partition coefficient (Wildman–Crippen LogP) is 4.13. The Morgan fingerprint density at radius 3 is 2.28 bits per heavy atom. The van der Waals surface area contributed by atoms with Gasteiger partial charge in [0, 0.05) is 12.6 Å². The van der Waals surface area contributed by atoms with Gasteiger partial charge in [0.2, 0.25) is 11.8 Å². The Labute approximate surface area is 173 Å². The number of benzene rings is 2. The molecule has 4 nitrogen and oxygen atoms in total. The zero-order valence-electron chi connectivity index (χ0n) is 17.5. The number of carbonyl (C=O) groups excluding carboxylic acids is 2. The van der Waals surface area contributed by atoms with Gasteiger partial charge in [-0.3, -0.25) is 9.59 Å². The maximum Gasteiger partial charge on any atom is 0.243 e. The minimum absolute atomic E-state index is 0.0363. The molecule has 2 aromatic carbocycles. The van der Waals surface area contributed by atoms with Crippen molar-refractivity contribution >= 4 is 11.8 Å². The summed E-state index contributed by atoms with van der Waals surface area (Å²) in [4.78, 5) is 27.6. The van der Waals surface area contributed by atoms with Gasteiger partial charge >= 0.3 is 0 Å². The van der Waals surface area contributed by atoms with Crippen LogP contribution in [0.25, 0.3) is 0 Å². The molecule has 5 heteroatoms. The summed E-state index contributed by atoms with van der Waals surface area (Å²) in [6, 6.07) is 15.6. The van der Waals surface area contributed by atoms with Crippen molar-refractivity contribution in [2.24, 2.45) is 0 Å². The average Bonchev–Trinajstić information content (AvgIpc) is 2.73. The highest BCUT2D eigenvalue weighted by atomic mass is 19.1. The molecule has 0 fully saturated rings. The summed E-state index contributed by atoms with van der Waals surface area (Å²) in [7, 11) is 0. The molecule has 2 atom stereocenters. The first-order valence-electron chi connectivity index (χ1n) is 10.3. The fourth-order valence-electron chi connectivity index (χ4n) is 3.24. The Kier molecular flexibility index (Phi) is 8.84. The second-order valence-electron chi connectivity index (χ2n) is 7.33. The minimum Gasteiger partial charge on any atom is -0.352 e. The molecule has 0 radical (unpaired) electrons. The third-order valence-corrected chi connectivity index (χ3v) is 5.17. The van der Waals surface area contributed by atoms with Crippen molar-refractivity contribution in [3.63, 3.8) is 0 Å². The summed E-state index contributed by atoms with van der Waals surface area (Å²) in [5, 5.41) is 2.98. The van der Waals surface area contributed by atoms with Crippen molar-refractivity contribution < 1.29 is 14.0 Å². The first-order valence-corrected chi connectivity index (χ1v) is 10.3. The fourth-order valence-corrected chi connectivity index (χ4v) is 3.24. The molecule has 2 amide bonds. The topological polar surface area (TPSA) is 49.4 Å². The standard InChI is InChI=1S/C24H31FN2O2/c1-4-18(3)26-24(29)22(5-2)27(16-15-19-11-7-6-8-12-19)23(28)17-20-13-9-10-14-21(20)25/h6-14,18,22H,4-5,15-17H2,1-3H3,(H,26,29)/t18-,22-/m0/s1. The fraction of sp³-hybridized carbons (Fsp3) is 0.417. The van der Waals surface area contributed by atoms with Crippen molar-refractivity contribution in [1.29, 1.82) is 0 Å². The van der Waals surface area contributed by atoms with Crippen LogP contribution in [0.5, 0.6) is 0 Å². The second-order valence-corrected chi connectivity index (χ2v) is 7.33. The van der Waals surface area contributed by atoms with Gasteiger partial charge in [-0.05, 0) is 43.4 Å². The smallest absolute Gasteiger partial charge is 0.243 e. The molecule has 0 aliphatic heterocycles. The van der Waals surface area contributed by atoms with Gasteiger partial charge in [0.15, 0.2) is 0 Å². The van der Waals surface area contributed by atoms with Crippen molar-refractivity contribution in [1.82, 2.24) is 10.2 Å². The van der Waals surface area contributed by atoms with Gasteiger partial charge in [-0.1, -0.05) is 62.4 Å². The van der Waals surface area contributed by atoms with Gasteiger partial charge in [-0.15, -0.1) is 0 Å². The molecule has 29 heavy (non-hydrogen) atoms. The van der Waals surface area contributed by atoms with Crippen LogP contribution >= 0.6 is 0 Å². The lowest BCUT2D eigenvalue weighted by Gasteiger charge is -2.31. The van der Waals surface area contributed by atoms with Crippen molar-refractivity contribution in [2.45, 2.75) is 58.5 Å². The van der Waals surface area contributed by atoms with Gasteiger partial charge in [0.25, 0.3) is 0 Å². The Bertz CT molecular complexity index is 794. The molecule has 2 aromatic rings. The lowest BCUT2D eigenvalue weighted by molar-refractivity contribution is -0.140. The Hall–Kier alpha value is -2.69. The van der Waals surface area contributed by atoms with E-state index >= 15 is 0 Å². The zero-order valence-corrected chi connectivity index (χ0v) is 17.5. The number of amides is 2. The van der Waals surface area contributed by atoms with E-state index in [9.17, 15) is 14.0 Å². The van der Waals surface area contributed by atoms with Gasteiger partial charge in [-0.25, -0.2) is 4.39 Å². The van der Waals surface area contributed by atoms with Crippen LogP contribution in [0, 0.1) is 5.82 Å². The monoisotopic (exact) mass is 398 g/mol. The van der Waals surface area contributed by atoms with Gasteiger partial charge in [-0.2, -0.15) is 0 Å². The normalized spacial score (nSPS) is 12.8. The molecule has 0 aromatic heterocycles. The number of nitrogens with zero attached hydrogens (tertiary/aromatic N) is 1. The molecule has 0 saturated heterocycles. The van der Waals surface area contributed by atoms with E-state index in [0.717, 1.165) is 12.0 Å². The average molecular weight is 399 g/mol. The largest absolute Gasteiger partial charge is 0.352 e. The van der Waals surface area contributed by atoms with Gasteiger partial charge in [0.05, 0.1) is 6.42 Å². The summed E-state index contributed by atoms with van der Waals surface area (Å²) < 4.78 is 14.1. The first kappa shape index (κ1) is 22.6. The molecule has 0 spiro atoms. The Morgan fingerprint density at radius 2 is 1.66 bits per heavy atom. The van der Waals surface area contributed by atoms with Crippen LogP contribution in [0.2, 0.25) is 0 Å². The minimum atomic E-state index is -0.577. The molecule has 0 unspecified atom stereocenters. The highest BCUT2D eigenvalue weighted by molar-refractivity contribution is 5.88. The highest BCUT2D eigenvalue weighted by Crippen LogP contribution is 2.14. The van der Waals surface area contributed by atoms with E-state index < -0.39 is 11.9 Å². The van der Waals surface area contributed by atoms with Crippen LogP contribution < -0.4 is 5.32 Å². The second kappa shape index (κ2) is 11.3. The van der Waals surface area contributed by atoms with E-state index in [1.165, 1.54) is 6.07 Å². The molecule has 0 saturated carbocycles. The van der Waals surface area contributed by atoms with Crippen molar-refractivity contribution in [3.05, 3.63) is 71.5 Å². The molecule has 1 N–H and O–H groups in total. The number of hydrogen-bond acceptors (Lipinski definition) is 2. The molecule has 2 rings (SSSR count). The molecule has 0 bridgehead atoms. The van der Waals surface area contributed by atoms with Crippen LogP contribution in [-0.2, 0) is 22.4 Å². The summed E-state index contributed by atoms with van der Waals surface area (Å²) in [5.41, 5.74) is 1.44. The number of carbonyl (C=O) groups is 2. The van der Waals surface area contributed by atoms with Crippen LogP contribution in [-0.4, -0.2) is 35.3 Å². The van der Waals surface area contributed by atoms with E-state index in [-0.39, 0.29) is 24.3 Å². The van der Waals surface area contributed by atoms with Crippen LogP contribution in [0.3, 0.4) is 0 Å². The maximum absolute atomic E-state index is 14.1. The summed E-state index contributed by atoms with van der Waals surface area (Å²) in [5.74, 6) is -0.796. The van der Waals surface area contributed by atoms with E-state index in [1.807, 2.05) is 51.1 Å². The van der Waals surface area contributed by atoms with E-state index in [1.54, 1.807) is 23.1 Å². The molecular formula is C24H31FN2O2. The first-order chi connectivity index (χ1) is 14.0. The Morgan fingerprint density at radius 1 is 1.00 bits per heavy atom. The van der Waals surface area contributed by atoms with Crippen LogP contribution in [0.1, 0.15) is 44.7 Å². The lowest BCUT2D eigenvalue weighted by atomic mass is 10.1. The number of halogens is 1. The van der Waals surface area contributed by atoms with Crippen LogP contribution in [0.15, 0.2) is 54.6 Å². The third kappa shape index (κ3) is 6.70.